The average molecular weight is 532 g/mol. The highest BCUT2D eigenvalue weighted by Crippen LogP contribution is 2.68. The van der Waals surface area contributed by atoms with Gasteiger partial charge < -0.3 is 19.8 Å². The number of oxime groups is 1. The Bertz CT molecular complexity index is 850. The second-order valence-corrected chi connectivity index (χ2v) is 14.7. The van der Waals surface area contributed by atoms with E-state index in [4.69, 9.17) is 9.57 Å². The summed E-state index contributed by atoms with van der Waals surface area (Å²) in [5.74, 6) is 1.47. The van der Waals surface area contributed by atoms with Crippen LogP contribution in [0.5, 0.6) is 0 Å². The van der Waals surface area contributed by atoms with E-state index in [1.54, 1.807) is 0 Å². The van der Waals surface area contributed by atoms with Crippen molar-refractivity contribution in [3.8, 4) is 0 Å². The van der Waals surface area contributed by atoms with Crippen LogP contribution in [0.15, 0.2) is 17.0 Å². The number of hydrogen-bond donors (Lipinski definition) is 2. The second kappa shape index (κ2) is 10.4. The van der Waals surface area contributed by atoms with Crippen molar-refractivity contribution in [3.05, 3.63) is 11.8 Å². The van der Waals surface area contributed by atoms with Crippen molar-refractivity contribution >= 4 is 5.71 Å². The van der Waals surface area contributed by atoms with E-state index < -0.39 is 12.2 Å². The van der Waals surface area contributed by atoms with E-state index in [1.807, 2.05) is 6.26 Å². The number of allylic oxidation sites excluding steroid dienone is 1. The molecule has 5 rings (SSSR count). The molecule has 1 aliphatic heterocycles. The largest absolute Gasteiger partial charge is 0.498 e. The molecule has 1 saturated heterocycles. The minimum atomic E-state index is -0.546. The van der Waals surface area contributed by atoms with Crippen molar-refractivity contribution in [2.24, 2.45) is 38.7 Å². The molecule has 0 aromatic heterocycles. The third kappa shape index (κ3) is 4.84. The SMILES string of the molecule is CC12CCC(CC1=COCC(O)CN1CCN(CC(O)CON=C3CC4CCC3(C)C4(C)C)CC1)C2(C)C. The van der Waals surface area contributed by atoms with Gasteiger partial charge in [0.2, 0.25) is 0 Å². The molecule has 4 aliphatic carbocycles. The maximum absolute atomic E-state index is 10.6. The molecule has 4 bridgehead atoms. The summed E-state index contributed by atoms with van der Waals surface area (Å²) in [6, 6.07) is 0. The normalized spacial score (nSPS) is 39.8. The molecule has 2 N–H and O–H groups in total. The Hall–Kier alpha value is -1.15. The molecule has 5 aliphatic rings. The van der Waals surface area contributed by atoms with Gasteiger partial charge in [0.1, 0.15) is 25.4 Å². The predicted octanol–water partition coefficient (Wildman–Crippen LogP) is 4.29. The molecule has 4 saturated carbocycles. The molecule has 216 valence electrons. The molecule has 0 amide bonds. The van der Waals surface area contributed by atoms with Gasteiger partial charge in [-0.1, -0.05) is 46.7 Å². The van der Waals surface area contributed by atoms with Gasteiger partial charge in [0, 0.05) is 44.7 Å². The lowest BCUT2D eigenvalue weighted by Gasteiger charge is -2.36. The number of hydrogen-bond acceptors (Lipinski definition) is 7. The first-order valence-corrected chi connectivity index (χ1v) is 15.2. The van der Waals surface area contributed by atoms with Crippen molar-refractivity contribution in [1.29, 1.82) is 0 Å². The van der Waals surface area contributed by atoms with Gasteiger partial charge in [-0.3, -0.25) is 9.80 Å². The highest BCUT2D eigenvalue weighted by Gasteiger charge is 2.60. The second-order valence-electron chi connectivity index (χ2n) is 14.7. The quantitative estimate of drug-likeness (QED) is 0.324. The summed E-state index contributed by atoms with van der Waals surface area (Å²) in [5.41, 5.74) is 3.63. The summed E-state index contributed by atoms with van der Waals surface area (Å²) in [7, 11) is 0. The first kappa shape index (κ1) is 28.4. The van der Waals surface area contributed by atoms with Crippen LogP contribution in [0.1, 0.15) is 80.1 Å². The van der Waals surface area contributed by atoms with E-state index in [0.29, 0.717) is 31.0 Å². The highest BCUT2D eigenvalue weighted by atomic mass is 16.6. The van der Waals surface area contributed by atoms with E-state index in [0.717, 1.165) is 44.9 Å². The van der Waals surface area contributed by atoms with Crippen LogP contribution in [0.25, 0.3) is 0 Å². The van der Waals surface area contributed by atoms with Crippen LogP contribution in [0.2, 0.25) is 0 Å². The zero-order valence-corrected chi connectivity index (χ0v) is 24.8. The molecule has 0 radical (unpaired) electrons. The van der Waals surface area contributed by atoms with E-state index >= 15 is 0 Å². The zero-order chi connectivity index (χ0) is 27.3. The zero-order valence-electron chi connectivity index (χ0n) is 24.8. The molecular formula is C31H53N3O4. The number of rotatable bonds is 10. The molecule has 6 atom stereocenters. The van der Waals surface area contributed by atoms with E-state index in [2.05, 4.69) is 56.5 Å². The van der Waals surface area contributed by atoms with Crippen molar-refractivity contribution in [2.75, 3.05) is 52.5 Å². The van der Waals surface area contributed by atoms with Crippen LogP contribution in [0, 0.1) is 33.5 Å². The summed E-state index contributed by atoms with van der Waals surface area (Å²) in [4.78, 5) is 10.2. The summed E-state index contributed by atoms with van der Waals surface area (Å²) in [6.07, 6.45) is 8.16. The van der Waals surface area contributed by atoms with Gasteiger partial charge in [-0.25, -0.2) is 0 Å². The first-order chi connectivity index (χ1) is 17.9. The number of nitrogens with zero attached hydrogens (tertiary/aromatic N) is 3. The summed E-state index contributed by atoms with van der Waals surface area (Å²) in [5, 5.41) is 25.6. The molecule has 38 heavy (non-hydrogen) atoms. The molecule has 0 spiro atoms. The lowest BCUT2D eigenvalue weighted by molar-refractivity contribution is -0.00100. The summed E-state index contributed by atoms with van der Waals surface area (Å²) < 4.78 is 5.91. The molecule has 6 unspecified atom stereocenters. The smallest absolute Gasteiger partial charge is 0.144 e. The fourth-order valence-corrected chi connectivity index (χ4v) is 8.58. The van der Waals surface area contributed by atoms with Crippen LogP contribution >= 0.6 is 0 Å². The van der Waals surface area contributed by atoms with Gasteiger partial charge in [0.15, 0.2) is 0 Å². The highest BCUT2D eigenvalue weighted by molar-refractivity contribution is 5.93. The minimum absolute atomic E-state index is 0.136. The third-order valence-corrected chi connectivity index (χ3v) is 12.5. The van der Waals surface area contributed by atoms with Crippen molar-refractivity contribution in [2.45, 2.75) is 92.3 Å². The number of β-amino-alcohol motifs (C(OH)–C–C–N with tert-alkyl or cyclic N) is 2. The van der Waals surface area contributed by atoms with Gasteiger partial charge in [0.25, 0.3) is 0 Å². The van der Waals surface area contributed by atoms with Crippen LogP contribution < -0.4 is 0 Å². The fourth-order valence-electron chi connectivity index (χ4n) is 8.58. The van der Waals surface area contributed by atoms with Crippen LogP contribution in [-0.4, -0.2) is 90.4 Å². The lowest BCUT2D eigenvalue weighted by atomic mass is 9.69. The third-order valence-electron chi connectivity index (χ3n) is 12.5. The van der Waals surface area contributed by atoms with Crippen LogP contribution in [0.3, 0.4) is 0 Å². The maximum Gasteiger partial charge on any atom is 0.144 e. The van der Waals surface area contributed by atoms with Gasteiger partial charge in [-0.05, 0) is 72.2 Å². The Morgan fingerprint density at radius 3 is 1.82 bits per heavy atom. The summed E-state index contributed by atoms with van der Waals surface area (Å²) >= 11 is 0. The first-order valence-electron chi connectivity index (χ1n) is 15.2. The average Bonchev–Trinajstić information content (AvgIpc) is 3.37. The number of piperazine rings is 1. The molecule has 5 fully saturated rings. The number of aliphatic hydroxyl groups excluding tert-OH is 2. The Balaban J connectivity index is 0.977. The molecule has 7 heteroatoms. The van der Waals surface area contributed by atoms with Gasteiger partial charge in [-0.2, -0.15) is 0 Å². The van der Waals surface area contributed by atoms with E-state index in [1.165, 1.54) is 37.0 Å². The Kier molecular flexibility index (Phi) is 7.73. The molecule has 0 aromatic rings. The van der Waals surface area contributed by atoms with Gasteiger partial charge >= 0.3 is 0 Å². The molecule has 1 heterocycles. The van der Waals surface area contributed by atoms with Gasteiger partial charge in [-0.15, -0.1) is 0 Å². The number of ether oxygens (including phenoxy) is 1. The van der Waals surface area contributed by atoms with Crippen LogP contribution in [0.4, 0.5) is 0 Å². The Morgan fingerprint density at radius 2 is 1.34 bits per heavy atom. The van der Waals surface area contributed by atoms with Crippen molar-refractivity contribution < 1.29 is 19.8 Å². The Morgan fingerprint density at radius 1 is 0.816 bits per heavy atom. The topological polar surface area (TPSA) is 77.8 Å². The molecular weight excluding hydrogens is 478 g/mol. The van der Waals surface area contributed by atoms with Crippen molar-refractivity contribution in [3.63, 3.8) is 0 Å². The van der Waals surface area contributed by atoms with E-state index in [-0.39, 0.29) is 22.9 Å². The standard InChI is InChI=1S/C31H53N3O4/c1-28(2)22-7-9-30(28,5)24(15-22)19-37-20-25(35)17-33-11-13-34(14-12-33)18-26(36)21-38-32-27-16-23-8-10-31(27,6)29(23,3)4/h19,22-23,25-26,35-36H,7-18,20-21H2,1-6H3. The lowest BCUT2D eigenvalue weighted by Crippen LogP contribution is -2.51. The Labute approximate surface area is 230 Å². The molecule has 7 nitrogen and oxygen atoms in total. The van der Waals surface area contributed by atoms with Crippen molar-refractivity contribution in [1.82, 2.24) is 9.80 Å². The number of fused-ring (bicyclic) bond motifs is 4. The maximum atomic E-state index is 10.6. The predicted molar refractivity (Wildman–Crippen MR) is 151 cm³/mol. The van der Waals surface area contributed by atoms with Crippen LogP contribution in [-0.2, 0) is 9.57 Å². The number of aliphatic hydroxyl groups is 2. The monoisotopic (exact) mass is 531 g/mol. The van der Waals surface area contributed by atoms with E-state index in [9.17, 15) is 10.2 Å². The molecule has 0 aromatic carbocycles. The fraction of sp³-hybridized carbons (Fsp3) is 0.903. The summed E-state index contributed by atoms with van der Waals surface area (Å²) in [6.45, 7) is 19.6. The minimum Gasteiger partial charge on any atom is -0.498 e. The van der Waals surface area contributed by atoms with Gasteiger partial charge in [0.05, 0.1) is 12.0 Å².